The smallest absolute Gasteiger partial charge is 0.394 e. The van der Waals surface area contributed by atoms with Gasteiger partial charge in [-0.2, -0.15) is 8.78 Å². The average Bonchev–Trinajstić information content (AvgIpc) is 2.93. The lowest BCUT2D eigenvalue weighted by Gasteiger charge is -2.17. The Balaban J connectivity index is 1.47. The number of carbonyl (C=O) groups is 1. The summed E-state index contributed by atoms with van der Waals surface area (Å²) in [6.07, 6.45) is 2.78. The molecule has 2 aromatic carbocycles. The Morgan fingerprint density at radius 3 is 2.55 bits per heavy atom. The Hall–Kier alpha value is -3.66. The zero-order valence-electron chi connectivity index (χ0n) is 23.5. The predicted octanol–water partition coefficient (Wildman–Crippen LogP) is 5.88. The number of esters is 1. The number of alkyl halides is 2. The minimum atomic E-state index is -5.49. The number of benzene rings is 2. The van der Waals surface area contributed by atoms with Crippen LogP contribution >= 0.6 is 7.60 Å². The monoisotopic (exact) mass is 601 g/mol. The third kappa shape index (κ3) is 7.40. The average molecular weight is 602 g/mol. The summed E-state index contributed by atoms with van der Waals surface area (Å²) in [6, 6.07) is 13.4. The Morgan fingerprint density at radius 1 is 1.07 bits per heavy atom. The molecule has 0 radical (unpaired) electrons. The van der Waals surface area contributed by atoms with Gasteiger partial charge in [0.1, 0.15) is 11.3 Å². The fourth-order valence-corrected chi connectivity index (χ4v) is 5.28. The summed E-state index contributed by atoms with van der Waals surface area (Å²) in [6.45, 7) is 3.97. The number of anilines is 1. The molecular formula is C30H34F2N3O6P. The molecule has 4 rings (SSSR count). The van der Waals surface area contributed by atoms with E-state index in [1.807, 2.05) is 43.3 Å². The van der Waals surface area contributed by atoms with Crippen LogP contribution in [-0.4, -0.2) is 44.6 Å². The first-order chi connectivity index (χ1) is 19.9. The molecule has 0 amide bonds. The molecule has 4 N–H and O–H groups in total. The van der Waals surface area contributed by atoms with Crippen molar-refractivity contribution in [3.63, 3.8) is 0 Å². The van der Waals surface area contributed by atoms with E-state index in [4.69, 9.17) is 25.0 Å². The molecule has 42 heavy (non-hydrogen) atoms. The van der Waals surface area contributed by atoms with Gasteiger partial charge < -0.3 is 25.0 Å². The predicted molar refractivity (Wildman–Crippen MR) is 157 cm³/mol. The second kappa shape index (κ2) is 13.1. The number of aryl methyl sites for hydroxylation is 4. The maximum Gasteiger partial charge on any atom is 0.394 e. The van der Waals surface area contributed by atoms with Crippen LogP contribution in [0.5, 0.6) is 5.75 Å². The molecule has 0 saturated carbocycles. The zero-order chi connectivity index (χ0) is 30.5. The van der Waals surface area contributed by atoms with Gasteiger partial charge in [-0.3, -0.25) is 14.3 Å². The number of halogens is 2. The maximum absolute atomic E-state index is 13.5. The molecule has 0 aliphatic carbocycles. The minimum absolute atomic E-state index is 0.0928. The van der Waals surface area contributed by atoms with E-state index in [2.05, 4.69) is 9.97 Å². The molecule has 0 bridgehead atoms. The van der Waals surface area contributed by atoms with Crippen LogP contribution in [0.2, 0.25) is 0 Å². The molecule has 0 unspecified atom stereocenters. The summed E-state index contributed by atoms with van der Waals surface area (Å²) in [5.41, 5.74) is 7.65. The molecule has 9 nitrogen and oxygen atoms in total. The van der Waals surface area contributed by atoms with E-state index in [0.717, 1.165) is 38.5 Å². The van der Waals surface area contributed by atoms with E-state index in [9.17, 15) is 18.1 Å². The Bertz CT molecular complexity index is 1640. The van der Waals surface area contributed by atoms with Gasteiger partial charge in [0.15, 0.2) is 5.82 Å². The van der Waals surface area contributed by atoms with Crippen LogP contribution in [0.3, 0.4) is 0 Å². The molecule has 2 heterocycles. The van der Waals surface area contributed by atoms with Crippen molar-refractivity contribution in [3.05, 3.63) is 70.9 Å². The quantitative estimate of drug-likeness (QED) is 0.0740. The molecule has 0 spiro atoms. The van der Waals surface area contributed by atoms with Crippen molar-refractivity contribution in [2.75, 3.05) is 18.9 Å². The van der Waals surface area contributed by atoms with Crippen molar-refractivity contribution in [1.82, 2.24) is 9.97 Å². The number of rotatable bonds is 13. The fourth-order valence-electron chi connectivity index (χ4n) is 4.83. The van der Waals surface area contributed by atoms with E-state index in [1.165, 1.54) is 0 Å². The topological polar surface area (TPSA) is 145 Å². The lowest BCUT2D eigenvalue weighted by atomic mass is 9.96. The standard InChI is InChI=1S/C30H34F2N3O6P/c1-3-40-26(36)12-6-20-5-11-24-25(18-20)35-29(33)28-27(24)22(13-15-34-28)8-7-21-9-10-23(17-19(21)2)41-16-4-14-30(31,32)42(37,38)39/h5,9-11,13,15,17-18H,3-4,6-8,12,14,16H2,1-2H3,(H2,33,35)(H2,37,38,39). The van der Waals surface area contributed by atoms with E-state index < -0.39 is 19.7 Å². The summed E-state index contributed by atoms with van der Waals surface area (Å²) in [5, 5.41) is 1.86. The maximum atomic E-state index is 13.5. The molecule has 0 aliphatic heterocycles. The summed E-state index contributed by atoms with van der Waals surface area (Å²) >= 11 is 0. The number of nitrogen functional groups attached to an aromatic ring is 1. The highest BCUT2D eigenvalue weighted by Gasteiger charge is 2.47. The second-order valence-electron chi connectivity index (χ2n) is 10.1. The number of fused-ring (bicyclic) bond motifs is 3. The normalized spacial score (nSPS) is 12.1. The van der Waals surface area contributed by atoms with E-state index in [-0.39, 0.29) is 25.4 Å². The van der Waals surface area contributed by atoms with E-state index >= 15 is 0 Å². The van der Waals surface area contributed by atoms with Gasteiger partial charge >= 0.3 is 19.2 Å². The van der Waals surface area contributed by atoms with Crippen molar-refractivity contribution in [2.45, 2.75) is 58.0 Å². The molecule has 224 valence electrons. The first kappa shape index (κ1) is 31.3. The number of ether oxygens (including phenoxy) is 2. The molecule has 12 heteroatoms. The number of nitrogens with zero attached hydrogens (tertiary/aromatic N) is 2. The number of hydrogen-bond donors (Lipinski definition) is 3. The highest BCUT2D eigenvalue weighted by atomic mass is 31.2. The first-order valence-electron chi connectivity index (χ1n) is 13.7. The van der Waals surface area contributed by atoms with Crippen LogP contribution in [0.4, 0.5) is 14.6 Å². The molecule has 0 fully saturated rings. The Morgan fingerprint density at radius 2 is 1.83 bits per heavy atom. The number of aromatic nitrogens is 2. The first-order valence-corrected chi connectivity index (χ1v) is 15.3. The van der Waals surface area contributed by atoms with Crippen LogP contribution < -0.4 is 10.5 Å². The van der Waals surface area contributed by atoms with Crippen molar-refractivity contribution in [1.29, 1.82) is 0 Å². The van der Waals surface area contributed by atoms with Crippen LogP contribution in [0, 0.1) is 6.92 Å². The Kier molecular flexibility index (Phi) is 9.76. The van der Waals surface area contributed by atoms with Crippen LogP contribution in [0.1, 0.15) is 48.4 Å². The van der Waals surface area contributed by atoms with Crippen LogP contribution in [-0.2, 0) is 33.4 Å². The third-order valence-corrected chi connectivity index (χ3v) is 8.15. The van der Waals surface area contributed by atoms with Gasteiger partial charge in [0.25, 0.3) is 0 Å². The largest absolute Gasteiger partial charge is 0.494 e. The summed E-state index contributed by atoms with van der Waals surface area (Å²) in [5.74, 6) is 0.583. The molecule has 0 saturated heterocycles. The van der Waals surface area contributed by atoms with Gasteiger partial charge in [0, 0.05) is 29.8 Å². The van der Waals surface area contributed by atoms with E-state index in [1.54, 1.807) is 19.2 Å². The van der Waals surface area contributed by atoms with Crippen LogP contribution in [0.25, 0.3) is 21.8 Å². The molecule has 4 aromatic rings. The van der Waals surface area contributed by atoms with Gasteiger partial charge in [-0.15, -0.1) is 0 Å². The van der Waals surface area contributed by atoms with Crippen molar-refractivity contribution >= 4 is 41.2 Å². The summed E-state index contributed by atoms with van der Waals surface area (Å²) in [4.78, 5) is 38.3. The lowest BCUT2D eigenvalue weighted by Crippen LogP contribution is -2.17. The van der Waals surface area contributed by atoms with Crippen molar-refractivity contribution in [3.8, 4) is 5.75 Å². The van der Waals surface area contributed by atoms with E-state index in [0.29, 0.717) is 43.0 Å². The zero-order valence-corrected chi connectivity index (χ0v) is 24.4. The van der Waals surface area contributed by atoms with Gasteiger partial charge in [0.05, 0.1) is 18.7 Å². The van der Waals surface area contributed by atoms with Crippen molar-refractivity contribution < 1.29 is 37.4 Å². The molecule has 2 aromatic heterocycles. The number of hydrogen-bond acceptors (Lipinski definition) is 7. The van der Waals surface area contributed by atoms with Gasteiger partial charge in [-0.05, 0) is 86.1 Å². The third-order valence-electron chi connectivity index (χ3n) is 7.07. The molecule has 0 aliphatic rings. The summed E-state index contributed by atoms with van der Waals surface area (Å²) < 4.78 is 48.3. The van der Waals surface area contributed by atoms with Gasteiger partial charge in [-0.25, -0.2) is 4.98 Å². The second-order valence-corrected chi connectivity index (χ2v) is 11.8. The number of carbonyl (C=O) groups excluding carboxylic acids is 1. The lowest BCUT2D eigenvalue weighted by molar-refractivity contribution is -0.143. The molecule has 0 atom stereocenters. The highest BCUT2D eigenvalue weighted by Crippen LogP contribution is 2.55. The minimum Gasteiger partial charge on any atom is -0.494 e. The van der Waals surface area contributed by atoms with Crippen LogP contribution in [0.15, 0.2) is 48.7 Å². The SMILES string of the molecule is CCOC(=O)CCc1ccc2c(c1)nc(N)c1nccc(CCc3ccc(OCCCC(F)(F)P(=O)(O)O)cc3C)c12. The van der Waals surface area contributed by atoms with Gasteiger partial charge in [0.2, 0.25) is 0 Å². The summed E-state index contributed by atoms with van der Waals surface area (Å²) in [7, 11) is -5.49. The number of pyridine rings is 2. The number of nitrogens with two attached hydrogens (primary N) is 1. The fraction of sp³-hybridized carbons (Fsp3) is 0.367. The van der Waals surface area contributed by atoms with Crippen molar-refractivity contribution in [2.24, 2.45) is 0 Å². The molecular weight excluding hydrogens is 567 g/mol. The van der Waals surface area contributed by atoms with Gasteiger partial charge in [-0.1, -0.05) is 18.2 Å². The highest BCUT2D eigenvalue weighted by molar-refractivity contribution is 7.53. The Labute approximate surface area is 242 Å².